The monoisotopic (exact) mass is 272 g/mol. The largest absolute Gasteiger partial charge is 0.496 e. The normalized spacial score (nSPS) is 12.6. The third-order valence-corrected chi connectivity index (χ3v) is 3.22. The Labute approximate surface area is 115 Å². The van der Waals surface area contributed by atoms with Crippen LogP contribution in [0.3, 0.4) is 0 Å². The van der Waals surface area contributed by atoms with E-state index in [1.807, 2.05) is 18.2 Å². The molecule has 1 heterocycles. The molecule has 0 spiro atoms. The zero-order valence-corrected chi connectivity index (χ0v) is 10.8. The first-order valence-corrected chi connectivity index (χ1v) is 6.19. The van der Waals surface area contributed by atoms with Crippen LogP contribution in [0.1, 0.15) is 17.4 Å². The van der Waals surface area contributed by atoms with Gasteiger partial charge in [0.2, 0.25) is 0 Å². The van der Waals surface area contributed by atoms with E-state index in [2.05, 4.69) is 0 Å². The molecule has 1 N–H and O–H groups in total. The number of rotatable bonds is 3. The molecule has 20 heavy (non-hydrogen) atoms. The molecule has 0 saturated heterocycles. The quantitative estimate of drug-likeness (QED) is 0.791. The van der Waals surface area contributed by atoms with Crippen LogP contribution < -0.4 is 4.74 Å². The van der Waals surface area contributed by atoms with Gasteiger partial charge in [-0.2, -0.15) is 0 Å². The van der Waals surface area contributed by atoms with E-state index >= 15 is 0 Å². The molecule has 0 amide bonds. The zero-order valence-electron chi connectivity index (χ0n) is 10.8. The molecule has 0 radical (unpaired) electrons. The number of methoxy groups -OCH3 is 1. The fourth-order valence-corrected chi connectivity index (χ4v) is 2.24. The second-order valence-electron chi connectivity index (χ2n) is 4.44. The Kier molecular flexibility index (Phi) is 3.16. The molecule has 0 aliphatic rings. The number of aliphatic hydroxyl groups excluding tert-OH is 1. The maximum absolute atomic E-state index is 13.9. The highest BCUT2D eigenvalue weighted by molar-refractivity contribution is 5.77. The summed E-state index contributed by atoms with van der Waals surface area (Å²) in [6.07, 6.45) is -1.21. The number of para-hydroxylation sites is 1. The summed E-state index contributed by atoms with van der Waals surface area (Å²) in [5.74, 6) is 0.0462. The van der Waals surface area contributed by atoms with Gasteiger partial charge in [0.25, 0.3) is 0 Å². The Morgan fingerprint density at radius 1 is 1.15 bits per heavy atom. The van der Waals surface area contributed by atoms with Gasteiger partial charge < -0.3 is 14.3 Å². The molecule has 3 rings (SSSR count). The van der Waals surface area contributed by atoms with Crippen LogP contribution in [0.4, 0.5) is 4.39 Å². The Morgan fingerprint density at radius 2 is 1.95 bits per heavy atom. The first-order valence-electron chi connectivity index (χ1n) is 6.19. The molecule has 3 aromatic rings. The number of hydrogen-bond donors (Lipinski definition) is 1. The lowest BCUT2D eigenvalue weighted by atomic mass is 10.1. The average molecular weight is 272 g/mol. The van der Waals surface area contributed by atoms with Crippen LogP contribution in [0, 0.1) is 5.82 Å². The van der Waals surface area contributed by atoms with Crippen LogP contribution in [0.15, 0.2) is 52.9 Å². The summed E-state index contributed by atoms with van der Waals surface area (Å²) in [5, 5.41) is 11.2. The molecular formula is C16H13FO3. The first kappa shape index (κ1) is 12.7. The summed E-state index contributed by atoms with van der Waals surface area (Å²) < 4.78 is 24.6. The van der Waals surface area contributed by atoms with Crippen LogP contribution in [0.5, 0.6) is 5.75 Å². The van der Waals surface area contributed by atoms with Gasteiger partial charge in [-0.15, -0.1) is 0 Å². The van der Waals surface area contributed by atoms with Gasteiger partial charge in [-0.25, -0.2) is 4.39 Å². The van der Waals surface area contributed by atoms with Crippen molar-refractivity contribution < 1.29 is 18.7 Å². The summed E-state index contributed by atoms with van der Waals surface area (Å²) in [6.45, 7) is 0. The van der Waals surface area contributed by atoms with Crippen LogP contribution >= 0.6 is 0 Å². The molecular weight excluding hydrogens is 259 g/mol. The van der Waals surface area contributed by atoms with E-state index in [1.54, 1.807) is 18.2 Å². The smallest absolute Gasteiger partial charge is 0.143 e. The van der Waals surface area contributed by atoms with E-state index < -0.39 is 11.9 Å². The predicted molar refractivity (Wildman–Crippen MR) is 73.2 cm³/mol. The molecule has 0 aliphatic heterocycles. The van der Waals surface area contributed by atoms with Crippen molar-refractivity contribution in [2.45, 2.75) is 6.10 Å². The summed E-state index contributed by atoms with van der Waals surface area (Å²) in [6, 6.07) is 13.5. The Morgan fingerprint density at radius 3 is 2.70 bits per heavy atom. The number of fused-ring (bicyclic) bond motifs is 1. The van der Waals surface area contributed by atoms with E-state index in [-0.39, 0.29) is 17.1 Å². The van der Waals surface area contributed by atoms with Gasteiger partial charge in [-0.05, 0) is 24.3 Å². The lowest BCUT2D eigenvalue weighted by Crippen LogP contribution is -2.04. The molecule has 4 heteroatoms. The van der Waals surface area contributed by atoms with Gasteiger partial charge in [-0.3, -0.25) is 0 Å². The minimum atomic E-state index is -1.21. The molecule has 0 saturated carbocycles. The van der Waals surface area contributed by atoms with E-state index in [1.165, 1.54) is 19.2 Å². The SMILES string of the molecule is COc1cccc(F)c1C(O)c1cc2ccccc2o1. The molecule has 0 fully saturated rings. The molecule has 102 valence electrons. The van der Waals surface area contributed by atoms with Crippen LogP contribution in [0.25, 0.3) is 11.0 Å². The van der Waals surface area contributed by atoms with E-state index in [0.717, 1.165) is 5.39 Å². The predicted octanol–water partition coefficient (Wildman–Crippen LogP) is 3.66. The Balaban J connectivity index is 2.10. The zero-order chi connectivity index (χ0) is 14.1. The Hall–Kier alpha value is -2.33. The van der Waals surface area contributed by atoms with Crippen molar-refractivity contribution >= 4 is 11.0 Å². The molecule has 0 aliphatic carbocycles. The topological polar surface area (TPSA) is 42.6 Å². The van der Waals surface area contributed by atoms with E-state index in [4.69, 9.17) is 9.15 Å². The highest BCUT2D eigenvalue weighted by Gasteiger charge is 2.23. The van der Waals surface area contributed by atoms with Crippen molar-refractivity contribution in [2.24, 2.45) is 0 Å². The van der Waals surface area contributed by atoms with Crippen LogP contribution in [-0.4, -0.2) is 12.2 Å². The number of ether oxygens (including phenoxy) is 1. The van der Waals surface area contributed by atoms with Crippen molar-refractivity contribution in [3.8, 4) is 5.75 Å². The number of furan rings is 1. The van der Waals surface area contributed by atoms with Crippen LogP contribution in [0.2, 0.25) is 0 Å². The number of aliphatic hydroxyl groups is 1. The minimum absolute atomic E-state index is 0.0778. The van der Waals surface area contributed by atoms with Gasteiger partial charge in [0, 0.05) is 5.39 Å². The fraction of sp³-hybridized carbons (Fsp3) is 0.125. The second-order valence-corrected chi connectivity index (χ2v) is 4.44. The minimum Gasteiger partial charge on any atom is -0.496 e. The van der Waals surface area contributed by atoms with Crippen molar-refractivity contribution in [3.05, 3.63) is 65.7 Å². The van der Waals surface area contributed by atoms with Gasteiger partial charge in [0.05, 0.1) is 12.7 Å². The number of benzene rings is 2. The van der Waals surface area contributed by atoms with Crippen molar-refractivity contribution in [3.63, 3.8) is 0 Å². The standard InChI is InChI=1S/C16H13FO3/c1-19-13-8-4-6-11(17)15(13)16(18)14-9-10-5-2-3-7-12(10)20-14/h2-9,16,18H,1H3. The summed E-state index contributed by atoms with van der Waals surface area (Å²) >= 11 is 0. The summed E-state index contributed by atoms with van der Waals surface area (Å²) in [4.78, 5) is 0. The lowest BCUT2D eigenvalue weighted by molar-refractivity contribution is 0.182. The maximum Gasteiger partial charge on any atom is 0.143 e. The highest BCUT2D eigenvalue weighted by Crippen LogP contribution is 2.34. The molecule has 1 aromatic heterocycles. The van der Waals surface area contributed by atoms with Gasteiger partial charge >= 0.3 is 0 Å². The summed E-state index contributed by atoms with van der Waals surface area (Å²) in [7, 11) is 1.43. The van der Waals surface area contributed by atoms with Gasteiger partial charge in [-0.1, -0.05) is 24.3 Å². The van der Waals surface area contributed by atoms with E-state index in [9.17, 15) is 9.50 Å². The van der Waals surface area contributed by atoms with Crippen molar-refractivity contribution in [2.75, 3.05) is 7.11 Å². The van der Waals surface area contributed by atoms with Gasteiger partial charge in [0.15, 0.2) is 0 Å². The fourth-order valence-electron chi connectivity index (χ4n) is 2.24. The number of hydrogen-bond acceptors (Lipinski definition) is 3. The van der Waals surface area contributed by atoms with Gasteiger partial charge in [0.1, 0.15) is 29.0 Å². The van der Waals surface area contributed by atoms with Crippen molar-refractivity contribution in [1.82, 2.24) is 0 Å². The van der Waals surface area contributed by atoms with Crippen LogP contribution in [-0.2, 0) is 0 Å². The number of halogens is 1. The molecule has 2 aromatic carbocycles. The molecule has 1 atom stereocenters. The highest BCUT2D eigenvalue weighted by atomic mass is 19.1. The molecule has 3 nitrogen and oxygen atoms in total. The second kappa shape index (κ2) is 4.98. The Bertz CT molecular complexity index is 715. The third kappa shape index (κ3) is 2.04. The van der Waals surface area contributed by atoms with E-state index in [0.29, 0.717) is 5.58 Å². The molecule has 0 bridgehead atoms. The van der Waals surface area contributed by atoms with Crippen molar-refractivity contribution in [1.29, 1.82) is 0 Å². The third-order valence-electron chi connectivity index (χ3n) is 3.22. The molecule has 1 unspecified atom stereocenters. The average Bonchev–Trinajstić information content (AvgIpc) is 2.90. The maximum atomic E-state index is 13.9. The summed E-state index contributed by atoms with van der Waals surface area (Å²) in [5.41, 5.74) is 0.728. The first-order chi connectivity index (χ1) is 9.70. The lowest BCUT2D eigenvalue weighted by Gasteiger charge is -2.13.